The third-order valence-corrected chi connectivity index (χ3v) is 3.04. The molecule has 18 heavy (non-hydrogen) atoms. The van der Waals surface area contributed by atoms with Gasteiger partial charge in [0.1, 0.15) is 0 Å². The van der Waals surface area contributed by atoms with E-state index in [1.54, 1.807) is 0 Å². The number of halogens is 1. The van der Waals surface area contributed by atoms with Crippen LogP contribution in [0, 0.1) is 0 Å². The van der Waals surface area contributed by atoms with Gasteiger partial charge in [0.15, 0.2) is 12.0 Å². The molecule has 1 unspecified atom stereocenters. The molecule has 0 saturated heterocycles. The Bertz CT molecular complexity index is 597. The summed E-state index contributed by atoms with van der Waals surface area (Å²) in [6, 6.07) is 9.04. The number of alkyl halides is 1. The molecular weight excluding hydrogens is 237 g/mol. The minimum Gasteiger partial charge on any atom is -0.475 e. The van der Waals surface area contributed by atoms with Crippen LogP contribution in [0.1, 0.15) is 40.6 Å². The highest BCUT2D eigenvalue weighted by atomic mass is 19.1. The lowest BCUT2D eigenvalue weighted by Crippen LogP contribution is -2.09. The monoisotopic (exact) mass is 247 g/mol. The summed E-state index contributed by atoms with van der Waals surface area (Å²) in [5.74, 6) is -1.49. The predicted octanol–water partition coefficient (Wildman–Crippen LogP) is 1.98. The SMILES string of the molecule is O=C(O)c1nc2n(n1)C(c1ccccc1)C[C@@H]2F. The van der Waals surface area contributed by atoms with Crippen LogP contribution in [-0.2, 0) is 0 Å². The van der Waals surface area contributed by atoms with Crippen molar-refractivity contribution < 1.29 is 14.3 Å². The molecule has 0 amide bonds. The van der Waals surface area contributed by atoms with E-state index in [2.05, 4.69) is 10.1 Å². The molecule has 0 aliphatic carbocycles. The summed E-state index contributed by atoms with van der Waals surface area (Å²) in [6.07, 6.45) is -1.02. The first-order valence-electron chi connectivity index (χ1n) is 5.55. The number of hydrogen-bond acceptors (Lipinski definition) is 3. The van der Waals surface area contributed by atoms with Crippen molar-refractivity contribution in [3.63, 3.8) is 0 Å². The van der Waals surface area contributed by atoms with E-state index in [0.717, 1.165) is 5.56 Å². The zero-order valence-electron chi connectivity index (χ0n) is 9.32. The Kier molecular flexibility index (Phi) is 2.36. The van der Waals surface area contributed by atoms with Crippen molar-refractivity contribution in [1.29, 1.82) is 0 Å². The minimum atomic E-state index is -1.27. The molecule has 0 fully saturated rings. The Hall–Kier alpha value is -2.24. The fourth-order valence-corrected chi connectivity index (χ4v) is 2.22. The van der Waals surface area contributed by atoms with E-state index in [4.69, 9.17) is 5.11 Å². The number of aromatic nitrogens is 3. The Morgan fingerprint density at radius 1 is 1.39 bits per heavy atom. The molecule has 1 aliphatic heterocycles. The molecule has 92 valence electrons. The zero-order chi connectivity index (χ0) is 12.7. The standard InChI is InChI=1S/C12H10FN3O2/c13-8-6-9(7-4-2-1-3-5-7)16-11(8)14-10(15-16)12(17)18/h1-5,8-9H,6H2,(H,17,18)/t8-,9?/m0/s1. The van der Waals surface area contributed by atoms with E-state index in [0.29, 0.717) is 0 Å². The first kappa shape index (κ1) is 10.9. The zero-order valence-corrected chi connectivity index (χ0v) is 9.32. The number of carboxylic acid groups (broad SMARTS) is 1. The van der Waals surface area contributed by atoms with E-state index in [9.17, 15) is 9.18 Å². The average Bonchev–Trinajstić information content (AvgIpc) is 2.92. The van der Waals surface area contributed by atoms with Gasteiger partial charge >= 0.3 is 5.97 Å². The van der Waals surface area contributed by atoms with Gasteiger partial charge in [-0.2, -0.15) is 0 Å². The van der Waals surface area contributed by atoms with Crippen LogP contribution < -0.4 is 0 Å². The molecule has 1 N–H and O–H groups in total. The molecule has 0 bridgehead atoms. The van der Waals surface area contributed by atoms with Gasteiger partial charge in [0.25, 0.3) is 5.82 Å². The minimum absolute atomic E-state index is 0.0984. The number of rotatable bonds is 2. The van der Waals surface area contributed by atoms with Gasteiger partial charge in [-0.05, 0) is 5.56 Å². The molecule has 2 heterocycles. The topological polar surface area (TPSA) is 68.0 Å². The Labute approximate surface area is 102 Å². The lowest BCUT2D eigenvalue weighted by atomic mass is 10.0. The Morgan fingerprint density at radius 2 is 2.11 bits per heavy atom. The van der Waals surface area contributed by atoms with Gasteiger partial charge in [-0.3, -0.25) is 0 Å². The molecule has 1 aliphatic rings. The van der Waals surface area contributed by atoms with Crippen LogP contribution in [0.5, 0.6) is 0 Å². The quantitative estimate of drug-likeness (QED) is 0.881. The second kappa shape index (κ2) is 3.90. The van der Waals surface area contributed by atoms with Crippen molar-refractivity contribution in [2.24, 2.45) is 0 Å². The summed E-state index contributed by atoms with van der Waals surface area (Å²) in [7, 11) is 0. The molecule has 5 nitrogen and oxygen atoms in total. The van der Waals surface area contributed by atoms with Gasteiger partial charge in [-0.15, -0.1) is 5.10 Å². The van der Waals surface area contributed by atoms with Crippen LogP contribution in [0.4, 0.5) is 4.39 Å². The van der Waals surface area contributed by atoms with Crippen molar-refractivity contribution in [1.82, 2.24) is 14.8 Å². The van der Waals surface area contributed by atoms with E-state index >= 15 is 0 Å². The molecule has 2 atom stereocenters. The van der Waals surface area contributed by atoms with Crippen LogP contribution in [0.2, 0.25) is 0 Å². The predicted molar refractivity (Wildman–Crippen MR) is 60.0 cm³/mol. The van der Waals surface area contributed by atoms with Crippen LogP contribution in [0.25, 0.3) is 0 Å². The van der Waals surface area contributed by atoms with Crippen LogP contribution >= 0.6 is 0 Å². The molecule has 3 rings (SSSR count). The Balaban J connectivity index is 2.05. The summed E-state index contributed by atoms with van der Waals surface area (Å²) >= 11 is 0. The third kappa shape index (κ3) is 1.57. The van der Waals surface area contributed by atoms with Gasteiger partial charge in [0, 0.05) is 6.42 Å². The van der Waals surface area contributed by atoms with Crippen molar-refractivity contribution in [2.45, 2.75) is 18.6 Å². The highest BCUT2D eigenvalue weighted by Gasteiger charge is 2.36. The lowest BCUT2D eigenvalue weighted by Gasteiger charge is -2.10. The Morgan fingerprint density at radius 3 is 2.78 bits per heavy atom. The number of nitrogens with zero attached hydrogens (tertiary/aromatic N) is 3. The van der Waals surface area contributed by atoms with Crippen LogP contribution in [0.15, 0.2) is 30.3 Å². The van der Waals surface area contributed by atoms with Crippen LogP contribution in [0.3, 0.4) is 0 Å². The number of aromatic carboxylic acids is 1. The summed E-state index contributed by atoms with van der Waals surface area (Å²) in [6.45, 7) is 0. The van der Waals surface area contributed by atoms with E-state index in [-0.39, 0.29) is 24.1 Å². The smallest absolute Gasteiger partial charge is 0.375 e. The van der Waals surface area contributed by atoms with Crippen LogP contribution in [-0.4, -0.2) is 25.8 Å². The molecule has 1 aromatic carbocycles. The maximum absolute atomic E-state index is 13.8. The number of hydrogen-bond donors (Lipinski definition) is 1. The fraction of sp³-hybridized carbons (Fsp3) is 0.250. The molecular formula is C12H10FN3O2. The summed E-state index contributed by atoms with van der Waals surface area (Å²) in [5, 5.41) is 12.7. The largest absolute Gasteiger partial charge is 0.475 e. The molecule has 0 saturated carbocycles. The van der Waals surface area contributed by atoms with Crippen molar-refractivity contribution in [3.05, 3.63) is 47.5 Å². The van der Waals surface area contributed by atoms with Gasteiger partial charge in [0.05, 0.1) is 6.04 Å². The van der Waals surface area contributed by atoms with E-state index in [1.165, 1.54) is 4.68 Å². The maximum Gasteiger partial charge on any atom is 0.375 e. The molecule has 6 heteroatoms. The van der Waals surface area contributed by atoms with Gasteiger partial charge < -0.3 is 5.11 Å². The number of fused-ring (bicyclic) bond motifs is 1. The van der Waals surface area contributed by atoms with E-state index < -0.39 is 12.1 Å². The second-order valence-electron chi connectivity index (χ2n) is 4.17. The first-order chi connectivity index (χ1) is 8.66. The highest BCUT2D eigenvalue weighted by Crippen LogP contribution is 2.39. The van der Waals surface area contributed by atoms with Gasteiger partial charge in [-0.1, -0.05) is 30.3 Å². The summed E-state index contributed by atoms with van der Waals surface area (Å²) in [4.78, 5) is 14.5. The third-order valence-electron chi connectivity index (χ3n) is 3.04. The van der Waals surface area contributed by atoms with Crippen molar-refractivity contribution in [2.75, 3.05) is 0 Å². The molecule has 0 spiro atoms. The maximum atomic E-state index is 13.8. The van der Waals surface area contributed by atoms with Crippen molar-refractivity contribution in [3.8, 4) is 0 Å². The van der Waals surface area contributed by atoms with Gasteiger partial charge in [0.2, 0.25) is 0 Å². The van der Waals surface area contributed by atoms with Crippen molar-refractivity contribution >= 4 is 5.97 Å². The average molecular weight is 247 g/mol. The number of benzene rings is 1. The van der Waals surface area contributed by atoms with Gasteiger partial charge in [-0.25, -0.2) is 18.9 Å². The second-order valence-corrected chi connectivity index (χ2v) is 4.17. The highest BCUT2D eigenvalue weighted by molar-refractivity contribution is 5.82. The van der Waals surface area contributed by atoms with E-state index in [1.807, 2.05) is 30.3 Å². The number of carbonyl (C=O) groups is 1. The number of carboxylic acids is 1. The fourth-order valence-electron chi connectivity index (χ4n) is 2.22. The summed E-state index contributed by atoms with van der Waals surface area (Å²) < 4.78 is 15.2. The molecule has 1 aromatic heterocycles. The molecule has 2 aromatic rings. The lowest BCUT2D eigenvalue weighted by molar-refractivity contribution is 0.0682. The first-order valence-corrected chi connectivity index (χ1v) is 5.55. The normalized spacial score (nSPS) is 21.8. The molecule has 0 radical (unpaired) electrons. The summed E-state index contributed by atoms with van der Waals surface area (Å²) in [5.41, 5.74) is 0.903.